The molecule has 1 amide bonds. The topological polar surface area (TPSA) is 41.6 Å². The van der Waals surface area contributed by atoms with Crippen LogP contribution in [0.3, 0.4) is 0 Å². The molecular weight excluding hydrogens is 307 g/mol. The summed E-state index contributed by atoms with van der Waals surface area (Å²) in [6, 6.07) is 6.16. The van der Waals surface area contributed by atoms with Crippen molar-refractivity contribution < 1.29 is 13.9 Å². The Morgan fingerprint density at radius 3 is 2.73 bits per heavy atom. The third kappa shape index (κ3) is 5.46. The fraction of sp³-hybridized carbons (Fsp3) is 0.562. The van der Waals surface area contributed by atoms with E-state index >= 15 is 0 Å². The average Bonchev–Trinajstić information content (AvgIpc) is 3.00. The smallest absolute Gasteiger partial charge is 0.226 e. The van der Waals surface area contributed by atoms with Gasteiger partial charge in [0, 0.05) is 19.1 Å². The molecule has 1 aromatic rings. The van der Waals surface area contributed by atoms with Crippen LogP contribution >= 0.6 is 12.4 Å². The van der Waals surface area contributed by atoms with Gasteiger partial charge in [-0.05, 0) is 43.7 Å². The van der Waals surface area contributed by atoms with Crippen LogP contribution in [0.5, 0.6) is 5.75 Å². The SMILES string of the molecule is CCCN(C(=O)CCOc1ccc(F)cc1)C1CCNC1.Cl. The maximum Gasteiger partial charge on any atom is 0.226 e. The highest BCUT2D eigenvalue weighted by atomic mass is 35.5. The van der Waals surface area contributed by atoms with Gasteiger partial charge in [-0.2, -0.15) is 0 Å². The lowest BCUT2D eigenvalue weighted by molar-refractivity contribution is -0.133. The number of amides is 1. The molecule has 0 bridgehead atoms. The van der Waals surface area contributed by atoms with Crippen molar-refractivity contribution >= 4 is 18.3 Å². The van der Waals surface area contributed by atoms with E-state index in [1.165, 1.54) is 12.1 Å². The minimum Gasteiger partial charge on any atom is -0.493 e. The van der Waals surface area contributed by atoms with Crippen molar-refractivity contribution in [3.05, 3.63) is 30.1 Å². The number of hydrogen-bond donors (Lipinski definition) is 1. The number of nitrogens with zero attached hydrogens (tertiary/aromatic N) is 1. The van der Waals surface area contributed by atoms with E-state index in [9.17, 15) is 9.18 Å². The van der Waals surface area contributed by atoms with Crippen LogP contribution in [0, 0.1) is 5.82 Å². The third-order valence-electron chi connectivity index (χ3n) is 3.66. The lowest BCUT2D eigenvalue weighted by atomic mass is 10.2. The predicted octanol–water partition coefficient (Wildman–Crippen LogP) is 2.62. The maximum absolute atomic E-state index is 12.8. The number of rotatable bonds is 7. The molecule has 22 heavy (non-hydrogen) atoms. The van der Waals surface area contributed by atoms with Gasteiger partial charge in [-0.1, -0.05) is 6.92 Å². The van der Waals surface area contributed by atoms with Crippen molar-refractivity contribution in [3.8, 4) is 5.75 Å². The van der Waals surface area contributed by atoms with Gasteiger partial charge >= 0.3 is 0 Å². The summed E-state index contributed by atoms with van der Waals surface area (Å²) >= 11 is 0. The molecule has 1 aliphatic heterocycles. The molecule has 6 heteroatoms. The molecular formula is C16H24ClFN2O2. The lowest BCUT2D eigenvalue weighted by Gasteiger charge is -2.28. The molecule has 1 atom stereocenters. The number of halogens is 2. The van der Waals surface area contributed by atoms with Crippen LogP contribution in [0.1, 0.15) is 26.2 Å². The quantitative estimate of drug-likeness (QED) is 0.835. The monoisotopic (exact) mass is 330 g/mol. The Bertz CT molecular complexity index is 450. The number of carbonyl (C=O) groups is 1. The van der Waals surface area contributed by atoms with Crippen LogP contribution in [0.25, 0.3) is 0 Å². The van der Waals surface area contributed by atoms with E-state index in [2.05, 4.69) is 12.2 Å². The van der Waals surface area contributed by atoms with Gasteiger partial charge in [-0.15, -0.1) is 12.4 Å². The first-order valence-electron chi connectivity index (χ1n) is 7.59. The van der Waals surface area contributed by atoms with Crippen LogP contribution in [0.2, 0.25) is 0 Å². The number of ether oxygens (including phenoxy) is 1. The van der Waals surface area contributed by atoms with E-state index in [1.807, 2.05) is 4.90 Å². The van der Waals surface area contributed by atoms with E-state index in [4.69, 9.17) is 4.74 Å². The molecule has 0 spiro atoms. The van der Waals surface area contributed by atoms with Crippen LogP contribution in [-0.2, 0) is 4.79 Å². The van der Waals surface area contributed by atoms with Gasteiger partial charge in [0.05, 0.1) is 13.0 Å². The zero-order chi connectivity index (χ0) is 15.1. The van der Waals surface area contributed by atoms with Crippen LogP contribution in [0.15, 0.2) is 24.3 Å². The normalized spacial score (nSPS) is 16.9. The minimum atomic E-state index is -0.290. The van der Waals surface area contributed by atoms with Gasteiger partial charge in [0.25, 0.3) is 0 Å². The van der Waals surface area contributed by atoms with Crippen LogP contribution in [-0.4, -0.2) is 43.1 Å². The Labute approximate surface area is 137 Å². The van der Waals surface area contributed by atoms with E-state index in [-0.39, 0.29) is 24.1 Å². The first-order chi connectivity index (χ1) is 10.2. The average molecular weight is 331 g/mol. The van der Waals surface area contributed by atoms with E-state index in [0.29, 0.717) is 24.8 Å². The molecule has 1 aliphatic rings. The minimum absolute atomic E-state index is 0. The van der Waals surface area contributed by atoms with Gasteiger partial charge in [-0.3, -0.25) is 4.79 Å². The van der Waals surface area contributed by atoms with Crippen molar-refractivity contribution in [2.24, 2.45) is 0 Å². The highest BCUT2D eigenvalue weighted by molar-refractivity contribution is 5.85. The summed E-state index contributed by atoms with van der Waals surface area (Å²) in [5.74, 6) is 0.433. The molecule has 1 aromatic carbocycles. The number of nitrogens with one attached hydrogen (secondary N) is 1. The molecule has 4 nitrogen and oxygen atoms in total. The summed E-state index contributed by atoms with van der Waals surface area (Å²) in [7, 11) is 0. The number of hydrogen-bond acceptors (Lipinski definition) is 3. The second-order valence-electron chi connectivity index (χ2n) is 5.29. The Morgan fingerprint density at radius 2 is 2.14 bits per heavy atom. The molecule has 1 N–H and O–H groups in total. The maximum atomic E-state index is 12.8. The van der Waals surface area contributed by atoms with Gasteiger partial charge in [0.2, 0.25) is 5.91 Å². The molecule has 0 aromatic heterocycles. The summed E-state index contributed by atoms with van der Waals surface area (Å²) in [4.78, 5) is 14.3. The Kier molecular flexibility index (Phi) is 8.20. The molecule has 0 aliphatic carbocycles. The summed E-state index contributed by atoms with van der Waals surface area (Å²) in [6.07, 6.45) is 2.33. The summed E-state index contributed by atoms with van der Waals surface area (Å²) < 4.78 is 18.3. The van der Waals surface area contributed by atoms with Gasteiger partial charge in [0.15, 0.2) is 0 Å². The third-order valence-corrected chi connectivity index (χ3v) is 3.66. The lowest BCUT2D eigenvalue weighted by Crippen LogP contribution is -2.42. The zero-order valence-electron chi connectivity index (χ0n) is 12.9. The van der Waals surface area contributed by atoms with Crippen molar-refractivity contribution in [3.63, 3.8) is 0 Å². The second kappa shape index (κ2) is 9.64. The fourth-order valence-corrected chi connectivity index (χ4v) is 2.59. The van der Waals surface area contributed by atoms with Gasteiger partial charge in [0.1, 0.15) is 11.6 Å². The second-order valence-corrected chi connectivity index (χ2v) is 5.29. The van der Waals surface area contributed by atoms with Crippen LogP contribution in [0.4, 0.5) is 4.39 Å². The molecule has 1 heterocycles. The molecule has 2 rings (SSSR count). The molecule has 1 unspecified atom stereocenters. The van der Waals surface area contributed by atoms with Gasteiger partial charge < -0.3 is 15.0 Å². The van der Waals surface area contributed by atoms with Crippen LogP contribution < -0.4 is 10.1 Å². The highest BCUT2D eigenvalue weighted by Crippen LogP contribution is 2.13. The van der Waals surface area contributed by atoms with Crippen molar-refractivity contribution in [1.82, 2.24) is 10.2 Å². The predicted molar refractivity (Wildman–Crippen MR) is 87.0 cm³/mol. The van der Waals surface area contributed by atoms with E-state index in [1.54, 1.807) is 12.1 Å². The summed E-state index contributed by atoms with van der Waals surface area (Å²) in [6.45, 7) is 5.05. The van der Waals surface area contributed by atoms with Crippen molar-refractivity contribution in [2.75, 3.05) is 26.2 Å². The molecule has 1 fully saturated rings. The molecule has 1 saturated heterocycles. The first-order valence-corrected chi connectivity index (χ1v) is 7.59. The summed E-state index contributed by atoms with van der Waals surface area (Å²) in [5.41, 5.74) is 0. The first kappa shape index (κ1) is 18.7. The standard InChI is InChI=1S/C16H23FN2O2.ClH/c1-2-10-19(14-7-9-18-12-14)16(20)8-11-21-15-5-3-13(17)4-6-15;/h3-6,14,18H,2,7-12H2,1H3;1H. The van der Waals surface area contributed by atoms with E-state index < -0.39 is 0 Å². The Morgan fingerprint density at radius 1 is 1.41 bits per heavy atom. The largest absolute Gasteiger partial charge is 0.493 e. The fourth-order valence-electron chi connectivity index (χ4n) is 2.59. The number of carbonyl (C=O) groups excluding carboxylic acids is 1. The Hall–Kier alpha value is -1.33. The highest BCUT2D eigenvalue weighted by Gasteiger charge is 2.25. The van der Waals surface area contributed by atoms with E-state index in [0.717, 1.165) is 32.5 Å². The Balaban J connectivity index is 0.00000242. The molecule has 124 valence electrons. The number of benzene rings is 1. The van der Waals surface area contributed by atoms with Crippen molar-refractivity contribution in [1.29, 1.82) is 0 Å². The summed E-state index contributed by atoms with van der Waals surface area (Å²) in [5, 5.41) is 3.29. The zero-order valence-corrected chi connectivity index (χ0v) is 13.7. The van der Waals surface area contributed by atoms with Gasteiger partial charge in [-0.25, -0.2) is 4.39 Å². The molecule has 0 saturated carbocycles. The molecule has 0 radical (unpaired) electrons. The van der Waals surface area contributed by atoms with Crippen molar-refractivity contribution in [2.45, 2.75) is 32.2 Å².